The van der Waals surface area contributed by atoms with E-state index in [9.17, 15) is 4.79 Å². The highest BCUT2D eigenvalue weighted by Gasteiger charge is 2.31. The first kappa shape index (κ1) is 24.0. The molecule has 4 rings (SSSR count). The molecule has 1 atom stereocenters. The van der Waals surface area contributed by atoms with E-state index < -0.39 is 0 Å². The van der Waals surface area contributed by atoms with Gasteiger partial charge >= 0.3 is 0 Å². The molecule has 1 aromatic heterocycles. The molecular weight excluding hydrogens is 426 g/mol. The highest BCUT2D eigenvalue weighted by atomic mass is 16.6. The van der Waals surface area contributed by atoms with Gasteiger partial charge in [-0.2, -0.15) is 0 Å². The second-order valence-corrected chi connectivity index (χ2v) is 8.27. The predicted molar refractivity (Wildman–Crippen MR) is 122 cm³/mol. The van der Waals surface area contributed by atoms with Gasteiger partial charge in [-0.05, 0) is 18.6 Å². The largest absolute Gasteiger partial charge is 0.378 e. The van der Waals surface area contributed by atoms with Crippen molar-refractivity contribution < 1.29 is 23.7 Å². The molecule has 2 aliphatic heterocycles. The lowest BCUT2D eigenvalue weighted by atomic mass is 10.2. The van der Waals surface area contributed by atoms with Gasteiger partial charge in [-0.15, -0.1) is 5.10 Å². The number of hydrogen-bond acceptors (Lipinski definition) is 8. The molecule has 182 valence electrons. The molecule has 10 heteroatoms. The Morgan fingerprint density at radius 2 is 1.48 bits per heavy atom. The van der Waals surface area contributed by atoms with E-state index in [2.05, 4.69) is 15.2 Å². The van der Waals surface area contributed by atoms with Crippen molar-refractivity contribution in [3.05, 3.63) is 24.3 Å². The summed E-state index contributed by atoms with van der Waals surface area (Å²) >= 11 is 0. The number of benzene rings is 1. The summed E-state index contributed by atoms with van der Waals surface area (Å²) in [6.45, 7) is 7.80. The Kier molecular flexibility index (Phi) is 9.43. The lowest BCUT2D eigenvalue weighted by Crippen LogP contribution is -2.39. The topological polar surface area (TPSA) is 91.2 Å². The van der Waals surface area contributed by atoms with Gasteiger partial charge in [-0.1, -0.05) is 17.3 Å². The van der Waals surface area contributed by atoms with Gasteiger partial charge in [0.05, 0.1) is 58.4 Å². The number of ether oxygens (including phenoxy) is 4. The first-order chi connectivity index (χ1) is 16.3. The van der Waals surface area contributed by atoms with E-state index in [-0.39, 0.29) is 12.1 Å². The lowest BCUT2D eigenvalue weighted by Gasteiger charge is -2.31. The van der Waals surface area contributed by atoms with Gasteiger partial charge in [-0.25, -0.2) is 4.68 Å². The van der Waals surface area contributed by atoms with Gasteiger partial charge < -0.3 is 23.8 Å². The van der Waals surface area contributed by atoms with Crippen molar-refractivity contribution in [3.63, 3.8) is 0 Å². The molecule has 0 bridgehead atoms. The maximum atomic E-state index is 12.6. The van der Waals surface area contributed by atoms with Crippen LogP contribution in [0.25, 0.3) is 11.0 Å². The minimum Gasteiger partial charge on any atom is -0.378 e. The van der Waals surface area contributed by atoms with Crippen LogP contribution in [0, 0.1) is 0 Å². The van der Waals surface area contributed by atoms with Crippen LogP contribution in [0.2, 0.25) is 0 Å². The van der Waals surface area contributed by atoms with Crippen molar-refractivity contribution in [1.29, 1.82) is 0 Å². The Hall–Kier alpha value is -2.11. The first-order valence-corrected chi connectivity index (χ1v) is 12.0. The zero-order chi connectivity index (χ0) is 22.7. The van der Waals surface area contributed by atoms with Crippen molar-refractivity contribution in [1.82, 2.24) is 24.8 Å². The number of amides is 1. The van der Waals surface area contributed by atoms with E-state index in [0.717, 1.165) is 50.1 Å². The molecule has 2 aromatic rings. The van der Waals surface area contributed by atoms with Crippen LogP contribution in [0.1, 0.15) is 25.4 Å². The summed E-state index contributed by atoms with van der Waals surface area (Å²) in [5, 5.41) is 8.75. The fraction of sp³-hybridized carbons (Fsp3) is 0.696. The zero-order valence-electron chi connectivity index (χ0n) is 19.3. The molecule has 2 saturated heterocycles. The van der Waals surface area contributed by atoms with Crippen LogP contribution in [0.3, 0.4) is 0 Å². The summed E-state index contributed by atoms with van der Waals surface area (Å²) < 4.78 is 24.4. The average molecular weight is 462 g/mol. The summed E-state index contributed by atoms with van der Waals surface area (Å²) in [7, 11) is 0. The monoisotopic (exact) mass is 461 g/mol. The Balaban J connectivity index is 1.41. The van der Waals surface area contributed by atoms with Gasteiger partial charge in [0.15, 0.2) is 0 Å². The van der Waals surface area contributed by atoms with Gasteiger partial charge in [0.25, 0.3) is 0 Å². The third-order valence-electron chi connectivity index (χ3n) is 6.05. The number of hydrogen-bond donors (Lipinski definition) is 0. The molecule has 0 saturated carbocycles. The van der Waals surface area contributed by atoms with E-state index >= 15 is 0 Å². The molecule has 0 spiro atoms. The number of aromatic nitrogens is 3. The Morgan fingerprint density at radius 1 is 0.848 bits per heavy atom. The van der Waals surface area contributed by atoms with Crippen LogP contribution in [0.4, 0.5) is 0 Å². The SMILES string of the molecule is O=C1CCCN1C(CCN1CCOCCOCCOCCOCC1)n1nnc2ccccc21. The fourth-order valence-electron chi connectivity index (χ4n) is 4.28. The van der Waals surface area contributed by atoms with Crippen LogP contribution >= 0.6 is 0 Å². The van der Waals surface area contributed by atoms with E-state index in [0.29, 0.717) is 59.3 Å². The Bertz CT molecular complexity index is 847. The molecule has 1 unspecified atom stereocenters. The molecule has 0 radical (unpaired) electrons. The van der Waals surface area contributed by atoms with Crippen molar-refractivity contribution in [3.8, 4) is 0 Å². The maximum absolute atomic E-state index is 12.6. The van der Waals surface area contributed by atoms with Gasteiger partial charge in [0, 0.05) is 39.0 Å². The molecule has 3 heterocycles. The van der Waals surface area contributed by atoms with Crippen LogP contribution in [-0.2, 0) is 23.7 Å². The molecule has 33 heavy (non-hydrogen) atoms. The molecule has 2 fully saturated rings. The third kappa shape index (κ3) is 6.94. The van der Waals surface area contributed by atoms with E-state index in [1.807, 2.05) is 33.8 Å². The molecule has 10 nitrogen and oxygen atoms in total. The van der Waals surface area contributed by atoms with Crippen LogP contribution in [-0.4, -0.2) is 110 Å². The number of fused-ring (bicyclic) bond motifs is 1. The second-order valence-electron chi connectivity index (χ2n) is 8.27. The smallest absolute Gasteiger partial charge is 0.224 e. The minimum absolute atomic E-state index is 0.160. The minimum atomic E-state index is -0.160. The molecule has 1 amide bonds. The van der Waals surface area contributed by atoms with Gasteiger partial charge in [0.2, 0.25) is 5.91 Å². The molecular formula is C23H35N5O5. The third-order valence-corrected chi connectivity index (χ3v) is 6.05. The summed E-state index contributed by atoms with van der Waals surface area (Å²) in [6.07, 6.45) is 2.08. The molecule has 2 aliphatic rings. The predicted octanol–water partition coefficient (Wildman–Crippen LogP) is 1.32. The Morgan fingerprint density at radius 3 is 2.12 bits per heavy atom. The van der Waals surface area contributed by atoms with E-state index in [1.165, 1.54) is 0 Å². The molecule has 0 aliphatic carbocycles. The van der Waals surface area contributed by atoms with Crippen molar-refractivity contribution in [2.45, 2.75) is 25.4 Å². The standard InChI is InChI=1S/C23H35N5O5/c29-23-6-3-8-27(23)22(28-21-5-2-1-4-20(21)24-25-28)7-9-26-10-12-30-14-16-32-18-19-33-17-15-31-13-11-26/h1-2,4-5,22H,3,6-19H2. The summed E-state index contributed by atoms with van der Waals surface area (Å²) in [5.41, 5.74) is 1.79. The summed E-state index contributed by atoms with van der Waals surface area (Å²) in [4.78, 5) is 16.9. The normalized spacial score (nSPS) is 21.7. The van der Waals surface area contributed by atoms with Crippen LogP contribution in [0.5, 0.6) is 0 Å². The van der Waals surface area contributed by atoms with Gasteiger partial charge in [0.1, 0.15) is 11.7 Å². The van der Waals surface area contributed by atoms with E-state index in [4.69, 9.17) is 18.9 Å². The van der Waals surface area contributed by atoms with Crippen LogP contribution in [0.15, 0.2) is 24.3 Å². The summed E-state index contributed by atoms with van der Waals surface area (Å²) in [5.74, 6) is 0.184. The Labute approximate surface area is 194 Å². The average Bonchev–Trinajstić information content (AvgIpc) is 3.45. The molecule has 0 N–H and O–H groups in total. The number of carbonyl (C=O) groups excluding carboxylic acids is 1. The van der Waals surface area contributed by atoms with Crippen molar-refractivity contribution in [2.75, 3.05) is 79.0 Å². The number of nitrogens with zero attached hydrogens (tertiary/aromatic N) is 5. The van der Waals surface area contributed by atoms with Crippen molar-refractivity contribution in [2.24, 2.45) is 0 Å². The van der Waals surface area contributed by atoms with E-state index in [1.54, 1.807) is 0 Å². The molecule has 1 aromatic carbocycles. The van der Waals surface area contributed by atoms with Crippen molar-refractivity contribution >= 4 is 16.9 Å². The fourth-order valence-corrected chi connectivity index (χ4v) is 4.28. The van der Waals surface area contributed by atoms with Gasteiger partial charge in [-0.3, -0.25) is 9.69 Å². The number of carbonyl (C=O) groups is 1. The zero-order valence-corrected chi connectivity index (χ0v) is 19.3. The summed E-state index contributed by atoms with van der Waals surface area (Å²) in [6, 6.07) is 7.90. The highest BCUT2D eigenvalue weighted by molar-refractivity contribution is 5.79. The maximum Gasteiger partial charge on any atom is 0.224 e. The lowest BCUT2D eigenvalue weighted by molar-refractivity contribution is -0.131. The number of rotatable bonds is 5. The number of para-hydroxylation sites is 1. The van der Waals surface area contributed by atoms with Crippen LogP contribution < -0.4 is 0 Å². The quantitative estimate of drug-likeness (QED) is 0.659. The highest BCUT2D eigenvalue weighted by Crippen LogP contribution is 2.26. The first-order valence-electron chi connectivity index (χ1n) is 12.0. The second kappa shape index (κ2) is 13.0. The number of likely N-dealkylation sites (tertiary alicyclic amines) is 1.